The molecule has 0 spiro atoms. The van der Waals surface area contributed by atoms with Gasteiger partial charge in [-0.1, -0.05) is 13.3 Å². The summed E-state index contributed by atoms with van der Waals surface area (Å²) < 4.78 is 32.5. The van der Waals surface area contributed by atoms with Gasteiger partial charge in [0.1, 0.15) is 5.75 Å². The predicted octanol–water partition coefficient (Wildman–Crippen LogP) is 5.69. The average molecular weight is 513 g/mol. The van der Waals surface area contributed by atoms with E-state index in [1.165, 1.54) is 31.8 Å². The highest BCUT2D eigenvalue weighted by molar-refractivity contribution is 7.17. The Balaban J connectivity index is 1.51. The molecule has 190 valence electrons. The molecule has 4 rings (SSSR count). The van der Waals surface area contributed by atoms with Crippen molar-refractivity contribution in [1.29, 1.82) is 0 Å². The van der Waals surface area contributed by atoms with Gasteiger partial charge in [0.05, 0.1) is 48.5 Å². The standard InChI is InChI=1S/C26H29FN4O4S/c1-5-6-11-35-21-14-22(36-24(21)26(32)34-4)20-13-17(7-8-29-20)28-9-10-31-16(2)12-18-23(31)19(27)15-30-25(18)33-3/h7-8,12-15H,5-6,9-11H2,1-4H3,(H,28,29). The monoisotopic (exact) mass is 512 g/mol. The third-order valence-electron chi connectivity index (χ3n) is 5.75. The highest BCUT2D eigenvalue weighted by Gasteiger charge is 2.20. The fourth-order valence-corrected chi connectivity index (χ4v) is 4.94. The largest absolute Gasteiger partial charge is 0.492 e. The first-order valence-electron chi connectivity index (χ1n) is 11.7. The van der Waals surface area contributed by atoms with E-state index in [4.69, 9.17) is 14.2 Å². The lowest BCUT2D eigenvalue weighted by Gasteiger charge is -2.12. The van der Waals surface area contributed by atoms with E-state index in [0.717, 1.165) is 29.1 Å². The summed E-state index contributed by atoms with van der Waals surface area (Å²) in [4.78, 5) is 22.0. The van der Waals surface area contributed by atoms with Crippen molar-refractivity contribution < 1.29 is 23.4 Å². The van der Waals surface area contributed by atoms with Crippen molar-refractivity contribution in [3.63, 3.8) is 0 Å². The Morgan fingerprint density at radius 1 is 1.22 bits per heavy atom. The molecule has 0 aliphatic carbocycles. The van der Waals surface area contributed by atoms with Crippen LogP contribution in [0.2, 0.25) is 0 Å². The molecule has 4 aromatic rings. The lowest BCUT2D eigenvalue weighted by atomic mass is 10.2. The summed E-state index contributed by atoms with van der Waals surface area (Å²) in [6.07, 6.45) is 4.78. The summed E-state index contributed by atoms with van der Waals surface area (Å²) in [6.45, 7) is 5.64. The summed E-state index contributed by atoms with van der Waals surface area (Å²) in [5, 5.41) is 4.03. The van der Waals surface area contributed by atoms with Gasteiger partial charge in [-0.05, 0) is 31.5 Å². The summed E-state index contributed by atoms with van der Waals surface area (Å²) in [7, 11) is 2.88. The number of hydrogen-bond acceptors (Lipinski definition) is 8. The van der Waals surface area contributed by atoms with E-state index in [9.17, 15) is 9.18 Å². The number of nitrogens with zero attached hydrogens (tertiary/aromatic N) is 3. The Hall–Kier alpha value is -3.66. The Bertz CT molecular complexity index is 1370. The first kappa shape index (κ1) is 25.4. The normalized spacial score (nSPS) is 11.0. The van der Waals surface area contributed by atoms with Crippen LogP contribution in [0.15, 0.2) is 36.7 Å². The predicted molar refractivity (Wildman–Crippen MR) is 139 cm³/mol. The first-order valence-corrected chi connectivity index (χ1v) is 12.5. The molecule has 4 aromatic heterocycles. The summed E-state index contributed by atoms with van der Waals surface area (Å²) >= 11 is 1.29. The Morgan fingerprint density at radius 3 is 2.81 bits per heavy atom. The van der Waals surface area contributed by atoms with E-state index in [1.807, 2.05) is 35.8 Å². The molecule has 4 heterocycles. The van der Waals surface area contributed by atoms with Crippen LogP contribution in [-0.2, 0) is 11.3 Å². The lowest BCUT2D eigenvalue weighted by molar-refractivity contribution is 0.0602. The van der Waals surface area contributed by atoms with Crippen molar-refractivity contribution in [3.05, 3.63) is 53.0 Å². The van der Waals surface area contributed by atoms with Gasteiger partial charge in [0.15, 0.2) is 10.7 Å². The molecule has 0 atom stereocenters. The Kier molecular flexibility index (Phi) is 8.04. The van der Waals surface area contributed by atoms with Crippen LogP contribution >= 0.6 is 11.3 Å². The molecule has 36 heavy (non-hydrogen) atoms. The molecule has 0 aromatic carbocycles. The summed E-state index contributed by atoms with van der Waals surface area (Å²) in [5.41, 5.74) is 2.96. The average Bonchev–Trinajstić information content (AvgIpc) is 3.46. The SMILES string of the molecule is CCCCOc1cc(-c2cc(NCCn3c(C)cc4c(OC)ncc(F)c43)ccn2)sc1C(=O)OC. The number of hydrogen-bond donors (Lipinski definition) is 1. The molecule has 0 aliphatic rings. The van der Waals surface area contributed by atoms with Crippen molar-refractivity contribution in [3.8, 4) is 22.2 Å². The van der Waals surface area contributed by atoms with Crippen LogP contribution in [0.1, 0.15) is 35.1 Å². The Labute approximate surface area is 213 Å². The number of carbonyl (C=O) groups excluding carboxylic acids is 1. The molecule has 0 fully saturated rings. The van der Waals surface area contributed by atoms with E-state index in [-0.39, 0.29) is 5.82 Å². The molecule has 1 N–H and O–H groups in total. The number of halogens is 1. The number of thiophene rings is 1. The van der Waals surface area contributed by atoms with Crippen molar-refractivity contribution >= 4 is 33.9 Å². The van der Waals surface area contributed by atoms with E-state index in [1.54, 1.807) is 6.20 Å². The number of carbonyl (C=O) groups is 1. The van der Waals surface area contributed by atoms with Crippen LogP contribution in [0.4, 0.5) is 10.1 Å². The molecule has 0 aliphatic heterocycles. The van der Waals surface area contributed by atoms with Crippen molar-refractivity contribution in [2.45, 2.75) is 33.2 Å². The van der Waals surface area contributed by atoms with Crippen LogP contribution in [0.25, 0.3) is 21.5 Å². The van der Waals surface area contributed by atoms with Crippen LogP contribution in [0.3, 0.4) is 0 Å². The first-order chi connectivity index (χ1) is 17.5. The number of esters is 1. The van der Waals surface area contributed by atoms with Crippen molar-refractivity contribution in [2.24, 2.45) is 0 Å². The minimum atomic E-state index is -0.430. The molecule has 10 heteroatoms. The number of unbranched alkanes of at least 4 members (excludes halogenated alkanes) is 1. The maximum Gasteiger partial charge on any atom is 0.351 e. The number of anilines is 1. The maximum absolute atomic E-state index is 14.6. The minimum Gasteiger partial charge on any atom is -0.492 e. The molecule has 0 bridgehead atoms. The quantitative estimate of drug-likeness (QED) is 0.204. The zero-order valence-corrected chi connectivity index (χ0v) is 21.6. The number of pyridine rings is 2. The minimum absolute atomic E-state index is 0.388. The lowest BCUT2D eigenvalue weighted by Crippen LogP contribution is -2.12. The topological polar surface area (TPSA) is 87.5 Å². The molecular formula is C26H29FN4O4S. The van der Waals surface area contributed by atoms with Crippen LogP contribution in [0.5, 0.6) is 11.6 Å². The molecule has 0 saturated carbocycles. The number of aromatic nitrogens is 3. The van der Waals surface area contributed by atoms with E-state index in [2.05, 4.69) is 22.2 Å². The second-order valence-electron chi connectivity index (χ2n) is 8.17. The fourth-order valence-electron chi connectivity index (χ4n) is 3.95. The maximum atomic E-state index is 14.6. The van der Waals surface area contributed by atoms with Gasteiger partial charge >= 0.3 is 5.97 Å². The summed E-state index contributed by atoms with van der Waals surface area (Å²) in [6, 6.07) is 7.49. The Morgan fingerprint density at radius 2 is 2.06 bits per heavy atom. The van der Waals surface area contributed by atoms with Gasteiger partial charge in [-0.2, -0.15) is 0 Å². The van der Waals surface area contributed by atoms with E-state index < -0.39 is 5.97 Å². The molecule has 0 unspecified atom stereocenters. The van der Waals surface area contributed by atoms with Gasteiger partial charge in [-0.25, -0.2) is 14.2 Å². The number of nitrogens with one attached hydrogen (secondary N) is 1. The van der Waals surface area contributed by atoms with Gasteiger partial charge in [-0.15, -0.1) is 11.3 Å². The zero-order chi connectivity index (χ0) is 25.7. The van der Waals surface area contributed by atoms with Crippen LogP contribution < -0.4 is 14.8 Å². The molecule has 0 radical (unpaired) electrons. The van der Waals surface area contributed by atoms with E-state index in [0.29, 0.717) is 52.8 Å². The van der Waals surface area contributed by atoms with E-state index >= 15 is 0 Å². The third kappa shape index (κ3) is 5.28. The number of aryl methyl sites for hydroxylation is 1. The van der Waals surface area contributed by atoms with Gasteiger partial charge in [0.2, 0.25) is 5.88 Å². The van der Waals surface area contributed by atoms with Crippen LogP contribution in [0, 0.1) is 12.7 Å². The zero-order valence-electron chi connectivity index (χ0n) is 20.8. The highest BCUT2D eigenvalue weighted by atomic mass is 32.1. The summed E-state index contributed by atoms with van der Waals surface area (Å²) in [5.74, 6) is 0.0965. The smallest absolute Gasteiger partial charge is 0.351 e. The fraction of sp³-hybridized carbons (Fsp3) is 0.346. The van der Waals surface area contributed by atoms with Gasteiger partial charge in [0, 0.05) is 36.7 Å². The molecule has 8 nitrogen and oxygen atoms in total. The van der Waals surface area contributed by atoms with Crippen LogP contribution in [-0.4, -0.2) is 47.9 Å². The highest BCUT2D eigenvalue weighted by Crippen LogP contribution is 2.37. The van der Waals surface area contributed by atoms with Crippen molar-refractivity contribution in [2.75, 3.05) is 32.7 Å². The van der Waals surface area contributed by atoms with Crippen molar-refractivity contribution in [1.82, 2.24) is 14.5 Å². The molecular weight excluding hydrogens is 483 g/mol. The number of methoxy groups -OCH3 is 2. The van der Waals surface area contributed by atoms with Gasteiger partial charge in [-0.3, -0.25) is 4.98 Å². The van der Waals surface area contributed by atoms with Gasteiger partial charge < -0.3 is 24.1 Å². The second-order valence-corrected chi connectivity index (χ2v) is 9.22. The number of ether oxygens (including phenoxy) is 3. The number of fused-ring (bicyclic) bond motifs is 1. The molecule has 0 saturated heterocycles. The van der Waals surface area contributed by atoms with Gasteiger partial charge in [0.25, 0.3) is 0 Å². The number of rotatable bonds is 11. The second kappa shape index (κ2) is 11.4. The molecule has 0 amide bonds. The third-order valence-corrected chi connectivity index (χ3v) is 6.87.